The number of nitriles is 1. The van der Waals surface area contributed by atoms with Crippen molar-refractivity contribution < 1.29 is 4.42 Å². The molecule has 0 spiro atoms. The highest BCUT2D eigenvalue weighted by Gasteiger charge is 2.35. The van der Waals surface area contributed by atoms with E-state index in [1.54, 1.807) is 0 Å². The summed E-state index contributed by atoms with van der Waals surface area (Å²) in [7, 11) is 0. The van der Waals surface area contributed by atoms with Crippen molar-refractivity contribution in [2.45, 2.75) is 46.0 Å². The first kappa shape index (κ1) is 33.4. The smallest absolute Gasteiger partial charge is 0.226 e. The number of aryl methyl sites for hydroxylation is 1. The fraction of sp³-hybridized carbons (Fsp3) is 0.216. The summed E-state index contributed by atoms with van der Waals surface area (Å²) >= 11 is 0. The van der Waals surface area contributed by atoms with Gasteiger partial charge >= 0.3 is 0 Å². The Kier molecular flexibility index (Phi) is 8.07. The second-order valence-electron chi connectivity index (χ2n) is 15.9. The lowest BCUT2D eigenvalue weighted by molar-refractivity contribution is 0.555. The van der Waals surface area contributed by atoms with Crippen molar-refractivity contribution in [3.63, 3.8) is 0 Å². The summed E-state index contributed by atoms with van der Waals surface area (Å²) in [5.41, 5.74) is 15.5. The van der Waals surface area contributed by atoms with Gasteiger partial charge in [0.25, 0.3) is 0 Å². The second-order valence-corrected chi connectivity index (χ2v) is 15.9. The first-order valence-electron chi connectivity index (χ1n) is 19.8. The third kappa shape index (κ3) is 5.61. The monoisotopic (exact) mass is 713 g/mol. The van der Waals surface area contributed by atoms with Crippen LogP contribution in [-0.2, 0) is 12.8 Å². The number of nitrogens with zero attached hydrogens (tertiary/aromatic N) is 3. The Hall–Kier alpha value is -6.18. The van der Waals surface area contributed by atoms with Gasteiger partial charge in [-0.1, -0.05) is 112 Å². The predicted octanol–water partition coefficient (Wildman–Crippen LogP) is 12.4. The van der Waals surface area contributed by atoms with Crippen molar-refractivity contribution in [3.05, 3.63) is 178 Å². The zero-order chi connectivity index (χ0) is 37.2. The van der Waals surface area contributed by atoms with Gasteiger partial charge in [-0.2, -0.15) is 5.26 Å². The zero-order valence-electron chi connectivity index (χ0n) is 31.5. The van der Waals surface area contributed by atoms with Crippen LogP contribution < -0.4 is 0 Å². The molecule has 4 nitrogen and oxygen atoms in total. The van der Waals surface area contributed by atoms with Crippen LogP contribution in [0, 0.1) is 35.0 Å². The maximum atomic E-state index is 10.3. The van der Waals surface area contributed by atoms with Crippen LogP contribution in [0.4, 0.5) is 0 Å². The van der Waals surface area contributed by atoms with E-state index < -0.39 is 0 Å². The van der Waals surface area contributed by atoms with Gasteiger partial charge in [0.05, 0.1) is 17.3 Å². The first-order chi connectivity index (χ1) is 26.9. The molecule has 268 valence electrons. The van der Waals surface area contributed by atoms with Gasteiger partial charge in [0.15, 0.2) is 5.76 Å². The van der Waals surface area contributed by atoms with Gasteiger partial charge in [0.1, 0.15) is 0 Å². The molecular formula is C51H43N3O. The maximum absolute atomic E-state index is 10.3. The minimum Gasteiger partial charge on any atom is -0.436 e. The van der Waals surface area contributed by atoms with Crippen molar-refractivity contribution in [2.24, 2.45) is 23.7 Å². The minimum absolute atomic E-state index is 0.0691. The minimum atomic E-state index is 0.0691. The number of allylic oxidation sites excluding steroid dienone is 8. The van der Waals surface area contributed by atoms with E-state index in [2.05, 4.69) is 171 Å². The Balaban J connectivity index is 0.958. The van der Waals surface area contributed by atoms with Crippen LogP contribution in [0.2, 0.25) is 0 Å². The molecular weight excluding hydrogens is 671 g/mol. The molecule has 0 amide bonds. The van der Waals surface area contributed by atoms with Crippen LogP contribution >= 0.6 is 0 Å². The molecule has 0 bridgehead atoms. The van der Waals surface area contributed by atoms with E-state index in [1.165, 1.54) is 50.0 Å². The van der Waals surface area contributed by atoms with Crippen molar-refractivity contribution in [1.82, 2.24) is 9.55 Å². The number of hydrogen-bond acceptors (Lipinski definition) is 3. The van der Waals surface area contributed by atoms with Crippen molar-refractivity contribution in [2.75, 3.05) is 0 Å². The number of hydrogen-bond donors (Lipinski definition) is 0. The molecule has 2 heterocycles. The van der Waals surface area contributed by atoms with E-state index in [0.717, 1.165) is 53.1 Å². The van der Waals surface area contributed by atoms with Crippen LogP contribution in [0.5, 0.6) is 0 Å². The van der Waals surface area contributed by atoms with Gasteiger partial charge in [-0.05, 0) is 125 Å². The molecule has 4 aromatic carbocycles. The Morgan fingerprint density at radius 3 is 2.44 bits per heavy atom. The van der Waals surface area contributed by atoms with Gasteiger partial charge < -0.3 is 8.98 Å². The molecule has 55 heavy (non-hydrogen) atoms. The van der Waals surface area contributed by atoms with Gasteiger partial charge in [-0.25, -0.2) is 4.98 Å². The van der Waals surface area contributed by atoms with Crippen LogP contribution in [0.1, 0.15) is 78.1 Å². The molecule has 0 radical (unpaired) electrons. The number of para-hydroxylation sites is 1. The van der Waals surface area contributed by atoms with E-state index in [0.29, 0.717) is 11.8 Å². The van der Waals surface area contributed by atoms with E-state index in [1.807, 2.05) is 0 Å². The molecule has 5 atom stereocenters. The van der Waals surface area contributed by atoms with Crippen molar-refractivity contribution in [3.8, 4) is 23.2 Å². The normalized spacial score (nSPS) is 22.6. The summed E-state index contributed by atoms with van der Waals surface area (Å²) in [4.78, 5) is 4.85. The van der Waals surface area contributed by atoms with E-state index >= 15 is 0 Å². The molecule has 6 aromatic rings. The Morgan fingerprint density at radius 2 is 1.60 bits per heavy atom. The summed E-state index contributed by atoms with van der Waals surface area (Å²) in [6.07, 6.45) is 18.7. The molecule has 4 aliphatic rings. The average Bonchev–Trinajstić information content (AvgIpc) is 3.80. The largest absolute Gasteiger partial charge is 0.436 e. The van der Waals surface area contributed by atoms with E-state index in [9.17, 15) is 5.26 Å². The number of oxazole rings is 1. The summed E-state index contributed by atoms with van der Waals surface area (Å²) in [5, 5.41) is 11.7. The zero-order valence-corrected chi connectivity index (χ0v) is 31.5. The highest BCUT2D eigenvalue weighted by atomic mass is 16.4. The Bertz CT molecular complexity index is 2680. The van der Waals surface area contributed by atoms with Crippen molar-refractivity contribution >= 4 is 34.2 Å². The van der Waals surface area contributed by atoms with Gasteiger partial charge in [-0.3, -0.25) is 0 Å². The molecule has 0 saturated carbocycles. The number of rotatable bonds is 5. The molecule has 5 unspecified atom stereocenters. The molecule has 10 rings (SSSR count). The molecule has 0 saturated heterocycles. The maximum Gasteiger partial charge on any atom is 0.226 e. The number of fused-ring (bicyclic) bond motifs is 5. The quantitative estimate of drug-likeness (QED) is 0.179. The van der Waals surface area contributed by atoms with E-state index in [-0.39, 0.29) is 23.7 Å². The lowest BCUT2D eigenvalue weighted by Crippen LogP contribution is -2.23. The van der Waals surface area contributed by atoms with E-state index in [4.69, 9.17) is 9.40 Å². The van der Waals surface area contributed by atoms with Crippen LogP contribution in [-0.4, -0.2) is 9.55 Å². The lowest BCUT2D eigenvalue weighted by atomic mass is 9.67. The van der Waals surface area contributed by atoms with Crippen LogP contribution in [0.15, 0.2) is 137 Å². The standard InChI is InChI=1S/C51H43N3O/c1-31-16-25-49-46(26-31)53-51(55-49)37-19-17-36(18-20-37)50-32(2)27-45(39-10-4-5-13-42(39)50)44-29-34(30-52)28-43(33(44)3)35-21-23-38(24-22-35)54-47-14-8-6-11-40(47)41-12-7-9-15-48(41)54/h4-6,8-11,13-25,27-29,31-33,44,50H,7,12,26H2,1-3H3. The van der Waals surface area contributed by atoms with Gasteiger partial charge in [-0.15, -0.1) is 0 Å². The van der Waals surface area contributed by atoms with Crippen LogP contribution in [0.3, 0.4) is 0 Å². The fourth-order valence-electron chi connectivity index (χ4n) is 9.70. The molecule has 0 N–H and O–H groups in total. The van der Waals surface area contributed by atoms with Crippen LogP contribution in [0.25, 0.3) is 51.3 Å². The predicted molar refractivity (Wildman–Crippen MR) is 224 cm³/mol. The summed E-state index contributed by atoms with van der Waals surface area (Å²) < 4.78 is 8.57. The second kappa shape index (κ2) is 13.3. The van der Waals surface area contributed by atoms with Crippen molar-refractivity contribution in [1.29, 1.82) is 5.26 Å². The topological polar surface area (TPSA) is 54.8 Å². The SMILES string of the molecule is CC1C=Cc2oc(-c3ccc(C4c5ccccc5C(C5C=C(C#N)C=C(c6ccc(-n7c8c(c9ccccc97)CCC=C8)cc6)C5C)=CC4C)cc3)nc2C1. The third-order valence-corrected chi connectivity index (χ3v) is 12.4. The summed E-state index contributed by atoms with van der Waals surface area (Å²) in [5.74, 6) is 2.76. The average molecular weight is 714 g/mol. The molecule has 0 aliphatic heterocycles. The summed E-state index contributed by atoms with van der Waals surface area (Å²) in [6, 6.07) is 38.0. The highest BCUT2D eigenvalue weighted by molar-refractivity contribution is 5.91. The fourth-order valence-corrected chi connectivity index (χ4v) is 9.70. The molecule has 0 fully saturated rings. The number of benzene rings is 4. The third-order valence-electron chi connectivity index (χ3n) is 12.4. The lowest BCUT2D eigenvalue weighted by Gasteiger charge is -2.37. The Morgan fingerprint density at radius 1 is 0.818 bits per heavy atom. The first-order valence-corrected chi connectivity index (χ1v) is 19.8. The number of aromatic nitrogens is 2. The molecule has 2 aromatic heterocycles. The molecule has 4 heteroatoms. The molecule has 4 aliphatic carbocycles. The Labute approximate surface area is 323 Å². The summed E-state index contributed by atoms with van der Waals surface area (Å²) in [6.45, 7) is 6.87. The van der Waals surface area contributed by atoms with Gasteiger partial charge in [0, 0.05) is 39.7 Å². The highest BCUT2D eigenvalue weighted by Crippen LogP contribution is 2.49. The van der Waals surface area contributed by atoms with Gasteiger partial charge in [0.2, 0.25) is 5.89 Å².